The number of nitrogens with zero attached hydrogens (tertiary/aromatic N) is 1. The van der Waals surface area contributed by atoms with Crippen LogP contribution in [0.5, 0.6) is 5.75 Å². The second-order valence-corrected chi connectivity index (χ2v) is 6.04. The van der Waals surface area contributed by atoms with Crippen molar-refractivity contribution in [1.29, 1.82) is 0 Å². The Morgan fingerprint density at radius 3 is 2.47 bits per heavy atom. The molecular formula is C10H11F3N2O3S. The predicted molar refractivity (Wildman–Crippen MR) is 59.9 cm³/mol. The number of benzene rings is 1. The van der Waals surface area contributed by atoms with Gasteiger partial charge >= 0.3 is 6.36 Å². The fourth-order valence-electron chi connectivity index (χ4n) is 1.65. The van der Waals surface area contributed by atoms with Crippen LogP contribution in [0.1, 0.15) is 0 Å². The molecule has 2 rings (SSSR count). The zero-order chi connectivity index (χ0) is 14.3. The summed E-state index contributed by atoms with van der Waals surface area (Å²) in [6, 6.07) is 4.04. The fourth-order valence-corrected chi connectivity index (χ4v) is 3.24. The van der Waals surface area contributed by atoms with Crippen molar-refractivity contribution in [2.24, 2.45) is 5.73 Å². The molecule has 1 fully saturated rings. The third kappa shape index (κ3) is 3.17. The Kier molecular flexibility index (Phi) is 3.45. The van der Waals surface area contributed by atoms with Crippen molar-refractivity contribution >= 4 is 10.0 Å². The standard InChI is InChI=1S/C10H11F3N2O3S/c11-10(12,13)18-8-2-1-3-9(4-8)19(16,17)15-5-7(14)6-15/h1-4,7H,5-6,14H2. The van der Waals surface area contributed by atoms with E-state index in [1.165, 1.54) is 12.1 Å². The highest BCUT2D eigenvalue weighted by atomic mass is 32.2. The van der Waals surface area contributed by atoms with E-state index in [4.69, 9.17) is 5.73 Å². The molecule has 9 heteroatoms. The first-order chi connectivity index (χ1) is 8.68. The van der Waals surface area contributed by atoms with Gasteiger partial charge < -0.3 is 10.5 Å². The summed E-state index contributed by atoms with van der Waals surface area (Å²) >= 11 is 0. The van der Waals surface area contributed by atoms with Crippen molar-refractivity contribution in [1.82, 2.24) is 4.31 Å². The van der Waals surface area contributed by atoms with Gasteiger partial charge in [-0.05, 0) is 12.1 Å². The SMILES string of the molecule is NC1CN(S(=O)(=O)c2cccc(OC(F)(F)F)c2)C1. The maximum atomic E-state index is 12.1. The molecule has 0 radical (unpaired) electrons. The summed E-state index contributed by atoms with van der Waals surface area (Å²) in [4.78, 5) is -0.249. The summed E-state index contributed by atoms with van der Waals surface area (Å²) in [5, 5.41) is 0. The highest BCUT2D eigenvalue weighted by Gasteiger charge is 2.35. The average molecular weight is 296 g/mol. The molecule has 1 aliphatic rings. The Labute approximate surface area is 107 Å². The topological polar surface area (TPSA) is 72.6 Å². The Morgan fingerprint density at radius 2 is 1.95 bits per heavy atom. The Morgan fingerprint density at radius 1 is 1.32 bits per heavy atom. The van der Waals surface area contributed by atoms with Crippen molar-refractivity contribution in [3.05, 3.63) is 24.3 Å². The normalized spacial score (nSPS) is 18.1. The van der Waals surface area contributed by atoms with E-state index in [0.29, 0.717) is 0 Å². The molecule has 19 heavy (non-hydrogen) atoms. The van der Waals surface area contributed by atoms with E-state index in [2.05, 4.69) is 4.74 Å². The molecule has 1 aromatic rings. The molecule has 0 amide bonds. The molecule has 0 spiro atoms. The van der Waals surface area contributed by atoms with E-state index >= 15 is 0 Å². The lowest BCUT2D eigenvalue weighted by Gasteiger charge is -2.35. The Bertz CT molecular complexity index is 568. The molecular weight excluding hydrogens is 285 g/mol. The Balaban J connectivity index is 2.23. The van der Waals surface area contributed by atoms with Crippen LogP contribution in [0.4, 0.5) is 13.2 Å². The number of sulfonamides is 1. The van der Waals surface area contributed by atoms with Gasteiger partial charge in [-0.3, -0.25) is 0 Å². The van der Waals surface area contributed by atoms with Gasteiger partial charge in [0.25, 0.3) is 0 Å². The van der Waals surface area contributed by atoms with E-state index in [1.54, 1.807) is 0 Å². The number of hydrogen-bond acceptors (Lipinski definition) is 4. The molecule has 1 saturated heterocycles. The van der Waals surface area contributed by atoms with E-state index < -0.39 is 22.1 Å². The first-order valence-corrected chi connectivity index (χ1v) is 6.74. The van der Waals surface area contributed by atoms with Gasteiger partial charge in [0.1, 0.15) is 5.75 Å². The molecule has 0 aliphatic carbocycles. The second kappa shape index (κ2) is 4.66. The van der Waals surface area contributed by atoms with E-state index in [-0.39, 0.29) is 24.0 Å². The van der Waals surface area contributed by atoms with E-state index in [1.807, 2.05) is 0 Å². The number of halogens is 3. The summed E-state index contributed by atoms with van der Waals surface area (Å²) in [5.41, 5.74) is 5.48. The lowest BCUT2D eigenvalue weighted by Crippen LogP contribution is -2.57. The summed E-state index contributed by atoms with van der Waals surface area (Å²) in [7, 11) is -3.81. The number of hydrogen-bond donors (Lipinski definition) is 1. The third-order valence-corrected chi connectivity index (χ3v) is 4.38. The lowest BCUT2D eigenvalue weighted by molar-refractivity contribution is -0.274. The van der Waals surface area contributed by atoms with E-state index in [0.717, 1.165) is 16.4 Å². The number of rotatable bonds is 3. The minimum Gasteiger partial charge on any atom is -0.406 e. The lowest BCUT2D eigenvalue weighted by atomic mass is 10.2. The maximum absolute atomic E-state index is 12.1. The molecule has 0 bridgehead atoms. The monoisotopic (exact) mass is 296 g/mol. The number of ether oxygens (including phenoxy) is 1. The van der Waals surface area contributed by atoms with Gasteiger partial charge in [0.15, 0.2) is 0 Å². The molecule has 106 valence electrons. The van der Waals surface area contributed by atoms with Crippen LogP contribution in [-0.2, 0) is 10.0 Å². The fraction of sp³-hybridized carbons (Fsp3) is 0.400. The molecule has 1 aromatic carbocycles. The van der Waals surface area contributed by atoms with Gasteiger partial charge in [-0.15, -0.1) is 13.2 Å². The van der Waals surface area contributed by atoms with Gasteiger partial charge in [0.2, 0.25) is 10.0 Å². The second-order valence-electron chi connectivity index (χ2n) is 4.10. The number of alkyl halides is 3. The first-order valence-electron chi connectivity index (χ1n) is 5.30. The van der Waals surface area contributed by atoms with Gasteiger partial charge in [0.05, 0.1) is 4.90 Å². The van der Waals surface area contributed by atoms with Crippen LogP contribution >= 0.6 is 0 Å². The maximum Gasteiger partial charge on any atom is 0.573 e. The minimum atomic E-state index is -4.86. The van der Waals surface area contributed by atoms with Crippen LogP contribution < -0.4 is 10.5 Å². The molecule has 5 nitrogen and oxygen atoms in total. The van der Waals surface area contributed by atoms with Crippen LogP contribution in [0.15, 0.2) is 29.2 Å². The van der Waals surface area contributed by atoms with Crippen molar-refractivity contribution in [3.63, 3.8) is 0 Å². The number of nitrogens with two attached hydrogens (primary N) is 1. The smallest absolute Gasteiger partial charge is 0.406 e. The summed E-state index contributed by atoms with van der Waals surface area (Å²) in [6.07, 6.45) is -4.86. The van der Waals surface area contributed by atoms with Crippen molar-refractivity contribution < 1.29 is 26.3 Å². The first kappa shape index (κ1) is 14.1. The minimum absolute atomic E-state index is 0.159. The molecule has 0 saturated carbocycles. The quantitative estimate of drug-likeness (QED) is 0.900. The molecule has 0 atom stereocenters. The average Bonchev–Trinajstić information content (AvgIpc) is 2.23. The van der Waals surface area contributed by atoms with Crippen LogP contribution in [0.25, 0.3) is 0 Å². The Hall–Kier alpha value is -1.32. The zero-order valence-electron chi connectivity index (χ0n) is 9.59. The third-order valence-electron chi connectivity index (χ3n) is 2.55. The van der Waals surface area contributed by atoms with Crippen LogP contribution in [0.3, 0.4) is 0 Å². The predicted octanol–water partition coefficient (Wildman–Crippen LogP) is 0.917. The summed E-state index contributed by atoms with van der Waals surface area (Å²) in [5.74, 6) is -0.571. The van der Waals surface area contributed by atoms with E-state index in [9.17, 15) is 21.6 Å². The molecule has 2 N–H and O–H groups in total. The van der Waals surface area contributed by atoms with Gasteiger partial charge in [0, 0.05) is 25.2 Å². The van der Waals surface area contributed by atoms with Gasteiger partial charge in [-0.2, -0.15) is 4.31 Å². The largest absolute Gasteiger partial charge is 0.573 e. The van der Waals surface area contributed by atoms with Crippen molar-refractivity contribution in [2.45, 2.75) is 17.3 Å². The molecule has 1 aliphatic heterocycles. The molecule has 0 aromatic heterocycles. The summed E-state index contributed by atoms with van der Waals surface area (Å²) < 4.78 is 65.0. The molecule has 1 heterocycles. The zero-order valence-corrected chi connectivity index (χ0v) is 10.4. The van der Waals surface area contributed by atoms with Crippen LogP contribution in [0.2, 0.25) is 0 Å². The van der Waals surface area contributed by atoms with Crippen LogP contribution in [-0.4, -0.2) is 38.2 Å². The van der Waals surface area contributed by atoms with Gasteiger partial charge in [-0.25, -0.2) is 8.42 Å². The van der Waals surface area contributed by atoms with Crippen molar-refractivity contribution in [2.75, 3.05) is 13.1 Å². The van der Waals surface area contributed by atoms with Crippen LogP contribution in [0, 0.1) is 0 Å². The highest BCUT2D eigenvalue weighted by Crippen LogP contribution is 2.27. The highest BCUT2D eigenvalue weighted by molar-refractivity contribution is 7.89. The van der Waals surface area contributed by atoms with Gasteiger partial charge in [-0.1, -0.05) is 6.07 Å². The van der Waals surface area contributed by atoms with Crippen molar-refractivity contribution in [3.8, 4) is 5.75 Å². The molecule has 0 unspecified atom stereocenters. The summed E-state index contributed by atoms with van der Waals surface area (Å²) in [6.45, 7) is 0.319.